The third kappa shape index (κ3) is 4.33. The second kappa shape index (κ2) is 6.96. The normalized spacial score (nSPS) is 12.0. The van der Waals surface area contributed by atoms with Gasteiger partial charge in [0.15, 0.2) is 0 Å². The van der Waals surface area contributed by atoms with Crippen LogP contribution in [0.4, 0.5) is 9.18 Å². The van der Waals surface area contributed by atoms with E-state index in [4.69, 9.17) is 5.11 Å². The highest BCUT2D eigenvalue weighted by Crippen LogP contribution is 2.09. The molecule has 1 aromatic carbocycles. The zero-order chi connectivity index (χ0) is 13.5. The SMILES string of the molecule is CC(Cc1ccccc1F)NC(=O)N(C)CCO. The molecule has 0 heterocycles. The molecule has 1 rings (SSSR count). The van der Waals surface area contributed by atoms with E-state index in [0.717, 1.165) is 0 Å². The number of nitrogens with one attached hydrogen (secondary N) is 1. The van der Waals surface area contributed by atoms with E-state index in [1.807, 2.05) is 6.92 Å². The molecule has 1 aromatic rings. The molecule has 18 heavy (non-hydrogen) atoms. The summed E-state index contributed by atoms with van der Waals surface area (Å²) in [5.74, 6) is -0.262. The number of benzene rings is 1. The predicted molar refractivity (Wildman–Crippen MR) is 67.8 cm³/mol. The van der Waals surface area contributed by atoms with Crippen LogP contribution in [0.3, 0.4) is 0 Å². The van der Waals surface area contributed by atoms with E-state index >= 15 is 0 Å². The fourth-order valence-electron chi connectivity index (χ4n) is 1.62. The Labute approximate surface area is 106 Å². The maximum atomic E-state index is 13.4. The van der Waals surface area contributed by atoms with Gasteiger partial charge in [-0.25, -0.2) is 9.18 Å². The van der Waals surface area contributed by atoms with Gasteiger partial charge < -0.3 is 15.3 Å². The van der Waals surface area contributed by atoms with Crippen molar-refractivity contribution in [3.63, 3.8) is 0 Å². The van der Waals surface area contributed by atoms with Crippen molar-refractivity contribution in [1.29, 1.82) is 0 Å². The first-order chi connectivity index (χ1) is 8.54. The molecular formula is C13H19FN2O2. The third-order valence-corrected chi connectivity index (χ3v) is 2.64. The lowest BCUT2D eigenvalue weighted by Crippen LogP contribution is -2.43. The monoisotopic (exact) mass is 254 g/mol. The predicted octanol–water partition coefficient (Wildman–Crippen LogP) is 1.39. The molecular weight excluding hydrogens is 235 g/mol. The fourth-order valence-corrected chi connectivity index (χ4v) is 1.62. The number of amides is 2. The average Bonchev–Trinajstić information content (AvgIpc) is 2.32. The van der Waals surface area contributed by atoms with Crippen molar-refractivity contribution in [2.75, 3.05) is 20.2 Å². The Morgan fingerprint density at radius 1 is 1.50 bits per heavy atom. The Morgan fingerprint density at radius 2 is 2.17 bits per heavy atom. The molecule has 5 heteroatoms. The first-order valence-corrected chi connectivity index (χ1v) is 5.90. The number of rotatable bonds is 5. The maximum absolute atomic E-state index is 13.4. The summed E-state index contributed by atoms with van der Waals surface area (Å²) in [6, 6.07) is 6.07. The molecule has 0 aliphatic carbocycles. The van der Waals surface area contributed by atoms with Gasteiger partial charge in [-0.3, -0.25) is 0 Å². The standard InChI is InChI=1S/C13H19FN2O2/c1-10(15-13(18)16(2)7-8-17)9-11-5-3-4-6-12(11)14/h3-6,10,17H,7-9H2,1-2H3,(H,15,18). The molecule has 0 bridgehead atoms. The lowest BCUT2D eigenvalue weighted by atomic mass is 10.1. The van der Waals surface area contributed by atoms with Crippen LogP contribution in [-0.2, 0) is 6.42 Å². The van der Waals surface area contributed by atoms with E-state index in [2.05, 4.69) is 5.32 Å². The Kier molecular flexibility index (Phi) is 5.58. The second-order valence-electron chi connectivity index (χ2n) is 4.29. The fraction of sp³-hybridized carbons (Fsp3) is 0.462. The van der Waals surface area contributed by atoms with Gasteiger partial charge in [-0.1, -0.05) is 18.2 Å². The van der Waals surface area contributed by atoms with Crippen LogP contribution >= 0.6 is 0 Å². The smallest absolute Gasteiger partial charge is 0.317 e. The van der Waals surface area contributed by atoms with E-state index < -0.39 is 0 Å². The zero-order valence-electron chi connectivity index (χ0n) is 10.7. The van der Waals surface area contributed by atoms with Crippen LogP contribution in [-0.4, -0.2) is 42.3 Å². The van der Waals surface area contributed by atoms with Crippen molar-refractivity contribution in [1.82, 2.24) is 10.2 Å². The summed E-state index contributed by atoms with van der Waals surface area (Å²) < 4.78 is 13.4. The minimum Gasteiger partial charge on any atom is -0.395 e. The Morgan fingerprint density at radius 3 is 2.78 bits per heavy atom. The number of urea groups is 1. The van der Waals surface area contributed by atoms with Gasteiger partial charge in [0.2, 0.25) is 0 Å². The number of aliphatic hydroxyl groups is 1. The highest BCUT2D eigenvalue weighted by atomic mass is 19.1. The molecule has 0 aliphatic heterocycles. The molecule has 0 fully saturated rings. The molecule has 1 atom stereocenters. The van der Waals surface area contributed by atoms with Crippen LogP contribution in [0.15, 0.2) is 24.3 Å². The topological polar surface area (TPSA) is 52.6 Å². The number of nitrogens with zero attached hydrogens (tertiary/aromatic N) is 1. The molecule has 100 valence electrons. The van der Waals surface area contributed by atoms with Crippen molar-refractivity contribution in [3.05, 3.63) is 35.6 Å². The highest BCUT2D eigenvalue weighted by molar-refractivity contribution is 5.74. The van der Waals surface area contributed by atoms with Crippen molar-refractivity contribution in [3.8, 4) is 0 Å². The van der Waals surface area contributed by atoms with Gasteiger partial charge in [-0.15, -0.1) is 0 Å². The Hall–Kier alpha value is -1.62. The summed E-state index contributed by atoms with van der Waals surface area (Å²) in [5.41, 5.74) is 0.579. The molecule has 2 amide bonds. The van der Waals surface area contributed by atoms with Gasteiger partial charge in [-0.05, 0) is 25.0 Å². The van der Waals surface area contributed by atoms with Crippen LogP contribution in [0.5, 0.6) is 0 Å². The summed E-state index contributed by atoms with van der Waals surface area (Å²) in [4.78, 5) is 13.0. The molecule has 1 unspecified atom stereocenters. The van der Waals surface area contributed by atoms with Gasteiger partial charge in [0.25, 0.3) is 0 Å². The van der Waals surface area contributed by atoms with E-state index in [-0.39, 0.29) is 31.0 Å². The number of hydrogen-bond donors (Lipinski definition) is 2. The van der Waals surface area contributed by atoms with Gasteiger partial charge in [0.05, 0.1) is 6.61 Å². The summed E-state index contributed by atoms with van der Waals surface area (Å²) in [6.45, 7) is 2.01. The number of hydrogen-bond acceptors (Lipinski definition) is 2. The minimum absolute atomic E-state index is 0.0778. The third-order valence-electron chi connectivity index (χ3n) is 2.64. The first kappa shape index (κ1) is 14.4. The second-order valence-corrected chi connectivity index (χ2v) is 4.29. The number of carbonyl (C=O) groups is 1. The molecule has 0 radical (unpaired) electrons. The summed E-state index contributed by atoms with van der Waals surface area (Å²) >= 11 is 0. The van der Waals surface area contributed by atoms with Crippen LogP contribution in [0, 0.1) is 5.82 Å². The van der Waals surface area contributed by atoms with E-state index in [1.165, 1.54) is 11.0 Å². The van der Waals surface area contributed by atoms with Crippen molar-refractivity contribution < 1.29 is 14.3 Å². The number of halogens is 1. The van der Waals surface area contributed by atoms with Crippen LogP contribution in [0.2, 0.25) is 0 Å². The van der Waals surface area contributed by atoms with Gasteiger partial charge >= 0.3 is 6.03 Å². The summed E-state index contributed by atoms with van der Waals surface area (Å²) in [7, 11) is 1.60. The lowest BCUT2D eigenvalue weighted by Gasteiger charge is -2.20. The average molecular weight is 254 g/mol. The van der Waals surface area contributed by atoms with Crippen molar-refractivity contribution >= 4 is 6.03 Å². The molecule has 0 saturated heterocycles. The molecule has 0 aliphatic rings. The van der Waals surface area contributed by atoms with Crippen LogP contribution in [0.1, 0.15) is 12.5 Å². The minimum atomic E-state index is -0.270. The number of aliphatic hydroxyl groups excluding tert-OH is 1. The number of likely N-dealkylation sites (N-methyl/N-ethyl adjacent to an activating group) is 1. The number of carbonyl (C=O) groups excluding carboxylic acids is 1. The largest absolute Gasteiger partial charge is 0.395 e. The van der Waals surface area contributed by atoms with E-state index in [0.29, 0.717) is 12.0 Å². The first-order valence-electron chi connectivity index (χ1n) is 5.90. The molecule has 2 N–H and O–H groups in total. The molecule has 4 nitrogen and oxygen atoms in total. The molecule has 0 spiro atoms. The van der Waals surface area contributed by atoms with Gasteiger partial charge in [-0.2, -0.15) is 0 Å². The van der Waals surface area contributed by atoms with E-state index in [9.17, 15) is 9.18 Å². The quantitative estimate of drug-likeness (QED) is 0.834. The molecule has 0 aromatic heterocycles. The van der Waals surface area contributed by atoms with Gasteiger partial charge in [0, 0.05) is 19.6 Å². The summed E-state index contributed by atoms with van der Waals surface area (Å²) in [5, 5.41) is 11.5. The highest BCUT2D eigenvalue weighted by Gasteiger charge is 2.13. The van der Waals surface area contributed by atoms with E-state index in [1.54, 1.807) is 25.2 Å². The Bertz CT molecular complexity index is 398. The van der Waals surface area contributed by atoms with Crippen molar-refractivity contribution in [2.45, 2.75) is 19.4 Å². The van der Waals surface area contributed by atoms with Gasteiger partial charge in [0.1, 0.15) is 5.82 Å². The lowest BCUT2D eigenvalue weighted by molar-refractivity contribution is 0.187. The Balaban J connectivity index is 2.49. The maximum Gasteiger partial charge on any atom is 0.317 e. The van der Waals surface area contributed by atoms with Crippen LogP contribution in [0.25, 0.3) is 0 Å². The van der Waals surface area contributed by atoms with Crippen molar-refractivity contribution in [2.24, 2.45) is 0 Å². The molecule has 0 saturated carbocycles. The summed E-state index contributed by atoms with van der Waals surface area (Å²) in [6.07, 6.45) is 0.436. The zero-order valence-corrected chi connectivity index (χ0v) is 10.7. The van der Waals surface area contributed by atoms with Crippen LogP contribution < -0.4 is 5.32 Å².